The van der Waals surface area contributed by atoms with Gasteiger partial charge in [0.05, 0.1) is 17.5 Å². The largest absolute Gasteiger partial charge is 0.455 e. The molecule has 1 saturated carbocycles. The van der Waals surface area contributed by atoms with Crippen LogP contribution in [0.25, 0.3) is 33.7 Å². The summed E-state index contributed by atoms with van der Waals surface area (Å²) >= 11 is 5.96. The molecule has 0 aliphatic heterocycles. The molecule has 0 unspecified atom stereocenters. The molecule has 8 nitrogen and oxygen atoms in total. The normalized spacial score (nSPS) is 14.1. The number of halogens is 2. The van der Waals surface area contributed by atoms with Crippen molar-refractivity contribution in [3.05, 3.63) is 58.3 Å². The number of anilines is 1. The molecule has 4 aromatic rings. The van der Waals surface area contributed by atoms with E-state index in [1.165, 1.54) is 27.3 Å². The molecule has 0 radical (unpaired) electrons. The van der Waals surface area contributed by atoms with Gasteiger partial charge < -0.3 is 4.42 Å². The molecule has 2 heterocycles. The summed E-state index contributed by atoms with van der Waals surface area (Å²) in [5, 5.41) is 4.70. The molecule has 0 atom stereocenters. The number of nitrogens with zero attached hydrogens (tertiary/aromatic N) is 3. The Hall–Kier alpha value is -3.11. The maximum atomic E-state index is 13.7. The first kappa shape index (κ1) is 26.5. The number of alkyl halides is 1. The summed E-state index contributed by atoms with van der Waals surface area (Å²) in [6.45, 7) is 4.62. The molecule has 0 spiro atoms. The number of aromatic nitrogens is 2. The monoisotopic (exact) mass is 561 g/mol. The van der Waals surface area contributed by atoms with Gasteiger partial charge in [-0.1, -0.05) is 19.0 Å². The smallest absolute Gasteiger partial charge is 0.441 e. The molecule has 38 heavy (non-hydrogen) atoms. The minimum atomic E-state index is -3.57. The van der Waals surface area contributed by atoms with Crippen LogP contribution in [-0.4, -0.2) is 36.8 Å². The topological polar surface area (TPSA) is 98.5 Å². The lowest BCUT2D eigenvalue weighted by atomic mass is 10.00. The molecule has 0 saturated heterocycles. The van der Waals surface area contributed by atoms with Gasteiger partial charge in [-0.25, -0.2) is 17.6 Å². The lowest BCUT2D eigenvalue weighted by Gasteiger charge is -2.26. The molecule has 1 aliphatic carbocycles. The van der Waals surface area contributed by atoms with E-state index in [2.05, 4.69) is 19.0 Å². The fourth-order valence-corrected chi connectivity index (χ4v) is 5.80. The van der Waals surface area contributed by atoms with E-state index in [1.807, 2.05) is 6.07 Å². The Labute approximate surface area is 225 Å². The average molecular weight is 562 g/mol. The summed E-state index contributed by atoms with van der Waals surface area (Å²) < 4.78 is 53.7. The Morgan fingerprint density at radius 3 is 2.53 bits per heavy atom. The molecule has 0 bridgehead atoms. The van der Waals surface area contributed by atoms with E-state index < -0.39 is 21.6 Å². The van der Waals surface area contributed by atoms with Gasteiger partial charge in [-0.2, -0.15) is 0 Å². The van der Waals surface area contributed by atoms with Crippen LogP contribution >= 0.6 is 11.6 Å². The molecule has 2 aromatic heterocycles. The van der Waals surface area contributed by atoms with Crippen molar-refractivity contribution in [3.8, 4) is 22.7 Å². The van der Waals surface area contributed by atoms with Crippen molar-refractivity contribution in [2.24, 2.45) is 5.92 Å². The van der Waals surface area contributed by atoms with E-state index in [0.717, 1.165) is 18.4 Å². The molecule has 202 valence electrons. The zero-order valence-corrected chi connectivity index (χ0v) is 23.0. The van der Waals surface area contributed by atoms with Gasteiger partial charge in [0.2, 0.25) is 10.0 Å². The number of hydrogen-bond acceptors (Lipinski definition) is 6. The van der Waals surface area contributed by atoms with Crippen molar-refractivity contribution >= 4 is 38.3 Å². The molecular weight excluding hydrogens is 533 g/mol. The van der Waals surface area contributed by atoms with Crippen LogP contribution in [0, 0.1) is 11.7 Å². The third kappa shape index (κ3) is 5.11. The molecule has 2 aromatic carbocycles. The van der Waals surface area contributed by atoms with Gasteiger partial charge >= 0.3 is 5.76 Å². The van der Waals surface area contributed by atoms with Gasteiger partial charge in [-0.15, -0.1) is 11.6 Å². The van der Waals surface area contributed by atoms with E-state index in [-0.39, 0.29) is 24.2 Å². The second kappa shape index (κ2) is 10.2. The van der Waals surface area contributed by atoms with E-state index in [0.29, 0.717) is 52.4 Å². The summed E-state index contributed by atoms with van der Waals surface area (Å²) in [6.07, 6.45) is 3.80. The highest BCUT2D eigenvalue weighted by molar-refractivity contribution is 7.92. The number of sulfonamides is 1. The molecule has 1 aliphatic rings. The average Bonchev–Trinajstić information content (AvgIpc) is 3.55. The Morgan fingerprint density at radius 1 is 1.21 bits per heavy atom. The van der Waals surface area contributed by atoms with Gasteiger partial charge in [0, 0.05) is 36.0 Å². The first-order valence-corrected chi connectivity index (χ1v) is 14.9. The van der Waals surface area contributed by atoms with E-state index >= 15 is 0 Å². The lowest BCUT2D eigenvalue weighted by molar-refractivity contribution is 0.377. The highest BCUT2D eigenvalue weighted by Gasteiger charge is 2.33. The van der Waals surface area contributed by atoms with Crippen LogP contribution in [0.4, 0.5) is 10.1 Å². The third-order valence-corrected chi connectivity index (χ3v) is 8.11. The van der Waals surface area contributed by atoms with Crippen molar-refractivity contribution < 1.29 is 21.7 Å². The molecule has 0 amide bonds. The first-order chi connectivity index (χ1) is 18.1. The van der Waals surface area contributed by atoms with Crippen LogP contribution in [0.2, 0.25) is 0 Å². The highest BCUT2D eigenvalue weighted by Crippen LogP contribution is 2.49. The molecule has 5 rings (SSSR count). The van der Waals surface area contributed by atoms with Crippen molar-refractivity contribution in [2.75, 3.05) is 23.0 Å². The molecular formula is C27H29ClFN3O5S. The Bertz CT molecular complexity index is 1640. The van der Waals surface area contributed by atoms with Crippen LogP contribution in [0.1, 0.15) is 44.6 Å². The number of benzene rings is 2. The number of rotatable bonds is 10. The van der Waals surface area contributed by atoms with Gasteiger partial charge in [0.15, 0.2) is 5.82 Å². The Kier molecular flexibility index (Phi) is 7.13. The van der Waals surface area contributed by atoms with Crippen LogP contribution in [-0.2, 0) is 16.6 Å². The zero-order valence-electron chi connectivity index (χ0n) is 21.4. The Balaban J connectivity index is 1.80. The Morgan fingerprint density at radius 2 is 1.92 bits per heavy atom. The third-order valence-electron chi connectivity index (χ3n) is 6.76. The summed E-state index contributed by atoms with van der Waals surface area (Å²) in [7, 11) is -3.57. The maximum Gasteiger partial charge on any atom is 0.441 e. The summed E-state index contributed by atoms with van der Waals surface area (Å²) in [4.78, 5) is 12.4. The maximum absolute atomic E-state index is 13.7. The zero-order chi connectivity index (χ0) is 27.2. The summed E-state index contributed by atoms with van der Waals surface area (Å²) in [6, 6.07) is 9.49. The molecule has 11 heteroatoms. The van der Waals surface area contributed by atoms with Gasteiger partial charge in [0.1, 0.15) is 17.2 Å². The van der Waals surface area contributed by atoms with Crippen LogP contribution in [0.3, 0.4) is 0 Å². The van der Waals surface area contributed by atoms with Crippen LogP contribution < -0.4 is 10.1 Å². The van der Waals surface area contributed by atoms with Crippen molar-refractivity contribution in [2.45, 2.75) is 45.6 Å². The van der Waals surface area contributed by atoms with E-state index in [4.69, 9.17) is 20.5 Å². The lowest BCUT2D eigenvalue weighted by Crippen LogP contribution is -2.32. The quantitative estimate of drug-likeness (QED) is 0.221. The van der Waals surface area contributed by atoms with Crippen LogP contribution in [0.5, 0.6) is 0 Å². The summed E-state index contributed by atoms with van der Waals surface area (Å²) in [5.41, 5.74) is 2.98. The second-order valence-corrected chi connectivity index (χ2v) is 12.4. The number of furan rings is 1. The van der Waals surface area contributed by atoms with Gasteiger partial charge in [0.25, 0.3) is 0 Å². The van der Waals surface area contributed by atoms with Crippen LogP contribution in [0.15, 0.2) is 50.1 Å². The van der Waals surface area contributed by atoms with Crippen molar-refractivity contribution in [1.29, 1.82) is 0 Å². The predicted molar refractivity (Wildman–Crippen MR) is 146 cm³/mol. The van der Waals surface area contributed by atoms with Gasteiger partial charge in [-0.05, 0) is 67.0 Å². The molecule has 0 N–H and O–H groups in total. The SMILES string of the molecule is CC(C)CCN(c1cc2oc(-c3ccc(F)cc3)c(-c3noc(=O)n3CCCl)c2cc1C1CC1)S(C)(=O)=O. The highest BCUT2D eigenvalue weighted by atomic mass is 35.5. The summed E-state index contributed by atoms with van der Waals surface area (Å²) in [5.74, 6) is 0.226. The predicted octanol–water partition coefficient (Wildman–Crippen LogP) is 5.98. The minimum Gasteiger partial charge on any atom is -0.455 e. The van der Waals surface area contributed by atoms with Crippen molar-refractivity contribution in [3.63, 3.8) is 0 Å². The van der Waals surface area contributed by atoms with Crippen molar-refractivity contribution in [1.82, 2.24) is 9.72 Å². The van der Waals surface area contributed by atoms with E-state index in [9.17, 15) is 17.6 Å². The second-order valence-electron chi connectivity index (χ2n) is 10.1. The standard InChI is InChI=1S/C27H29ClFN3O5S/c1-16(2)10-12-32(38(3,34)35)22-15-23-21(14-20(22)17-4-5-17)24(26-30-37-27(33)31(26)13-11-28)25(36-23)18-6-8-19(29)9-7-18/h6-9,14-17H,4-5,10-13H2,1-3H3. The number of fused-ring (bicyclic) bond motifs is 1. The fourth-order valence-electron chi connectivity index (χ4n) is 4.68. The van der Waals surface area contributed by atoms with E-state index in [1.54, 1.807) is 18.2 Å². The van der Waals surface area contributed by atoms with Gasteiger partial charge in [-0.3, -0.25) is 13.4 Å². The molecule has 1 fully saturated rings. The minimum absolute atomic E-state index is 0.159. The first-order valence-electron chi connectivity index (χ1n) is 12.6. The fraction of sp³-hybridized carbons (Fsp3) is 0.407. The number of hydrogen-bond donors (Lipinski definition) is 0.